The van der Waals surface area contributed by atoms with Crippen LogP contribution in [0.4, 0.5) is 5.13 Å². The average molecular weight is 535 g/mol. The average Bonchev–Trinajstić information content (AvgIpc) is 3.32. The number of nitrogens with one attached hydrogen (secondary N) is 1. The number of anilines is 1. The van der Waals surface area contributed by atoms with Gasteiger partial charge in [-0.3, -0.25) is 10.1 Å². The van der Waals surface area contributed by atoms with Crippen molar-refractivity contribution in [2.45, 2.75) is 17.0 Å². The van der Waals surface area contributed by atoms with Gasteiger partial charge in [-0.2, -0.15) is 23.0 Å². The van der Waals surface area contributed by atoms with E-state index in [2.05, 4.69) is 14.7 Å². The maximum atomic E-state index is 12.4. The molecule has 0 saturated heterocycles. The fraction of sp³-hybridized carbons (Fsp3) is 0.143. The van der Waals surface area contributed by atoms with Crippen molar-refractivity contribution in [1.82, 2.24) is 9.36 Å². The van der Waals surface area contributed by atoms with Crippen molar-refractivity contribution in [1.29, 1.82) is 5.26 Å². The number of ether oxygens (including phenoxy) is 1. The molecular weight excluding hydrogens is 516 g/mol. The van der Waals surface area contributed by atoms with E-state index < -0.39 is 31.0 Å². The largest absolute Gasteiger partial charge is 0.497 e. The van der Waals surface area contributed by atoms with Gasteiger partial charge in [0.05, 0.1) is 12.9 Å². The molecule has 11 nitrogen and oxygen atoms in total. The van der Waals surface area contributed by atoms with Crippen LogP contribution < -0.4 is 14.2 Å². The number of carbonyl (C=O) groups excluding carboxylic acids is 1. The van der Waals surface area contributed by atoms with Crippen LogP contribution in [0, 0.1) is 11.3 Å². The van der Waals surface area contributed by atoms with Crippen molar-refractivity contribution in [3.05, 3.63) is 59.7 Å². The fourth-order valence-electron chi connectivity index (χ4n) is 2.53. The molecule has 14 heteroatoms. The van der Waals surface area contributed by atoms with Crippen molar-refractivity contribution >= 4 is 48.6 Å². The number of hydrogen-bond donors (Lipinski definition) is 1. The van der Waals surface area contributed by atoms with Gasteiger partial charge in [-0.1, -0.05) is 19.1 Å². The lowest BCUT2D eigenvalue weighted by atomic mass is 10.1. The normalized spacial score (nSPS) is 12.0. The Labute approximate surface area is 205 Å². The summed E-state index contributed by atoms with van der Waals surface area (Å²) in [7, 11) is -6.25. The molecule has 0 unspecified atom stereocenters. The molecule has 0 radical (unpaired) electrons. The minimum absolute atomic E-state index is 0.0273. The highest BCUT2D eigenvalue weighted by molar-refractivity contribution is 7.91. The lowest BCUT2D eigenvalue weighted by molar-refractivity contribution is -0.112. The summed E-state index contributed by atoms with van der Waals surface area (Å²) in [6.45, 7) is 1.44. The van der Waals surface area contributed by atoms with Crippen LogP contribution in [0.5, 0.6) is 11.5 Å². The zero-order chi connectivity index (χ0) is 25.6. The Kier molecular flexibility index (Phi) is 7.85. The first-order valence-electron chi connectivity index (χ1n) is 9.76. The maximum absolute atomic E-state index is 12.4. The van der Waals surface area contributed by atoms with Gasteiger partial charge in [0.15, 0.2) is 0 Å². The molecule has 1 aromatic heterocycles. The van der Waals surface area contributed by atoms with Crippen molar-refractivity contribution < 1.29 is 30.6 Å². The van der Waals surface area contributed by atoms with Gasteiger partial charge in [0.1, 0.15) is 28.0 Å². The van der Waals surface area contributed by atoms with Crippen LogP contribution in [0.25, 0.3) is 6.08 Å². The molecule has 0 aliphatic rings. The highest BCUT2D eigenvalue weighted by atomic mass is 32.2. The van der Waals surface area contributed by atoms with Crippen LogP contribution in [0.1, 0.15) is 12.5 Å². The standard InChI is InChI=1S/C21H18N4O7S3/c1-3-34(27,28)21-24-20(33-25-21)23-19(26)15(13-22)12-14-4-6-17(7-5-14)32-35(29,30)18-10-8-16(31-2)9-11-18/h4-12H,3H2,1-2H3,(H,23,24,25,26). The van der Waals surface area contributed by atoms with E-state index in [-0.39, 0.29) is 27.1 Å². The highest BCUT2D eigenvalue weighted by Gasteiger charge is 2.20. The molecule has 0 aliphatic heterocycles. The molecule has 3 rings (SSSR count). The Morgan fingerprint density at radius 3 is 2.29 bits per heavy atom. The van der Waals surface area contributed by atoms with Crippen LogP contribution in [0.3, 0.4) is 0 Å². The van der Waals surface area contributed by atoms with E-state index >= 15 is 0 Å². The van der Waals surface area contributed by atoms with Crippen molar-refractivity contribution in [2.75, 3.05) is 18.2 Å². The third-order valence-corrected chi connectivity index (χ3v) is 7.90. The third-order valence-electron chi connectivity index (χ3n) is 4.40. The van der Waals surface area contributed by atoms with E-state index in [1.165, 1.54) is 68.6 Å². The molecule has 1 N–H and O–H groups in total. The molecule has 0 fully saturated rings. The van der Waals surface area contributed by atoms with E-state index in [0.29, 0.717) is 22.8 Å². The maximum Gasteiger partial charge on any atom is 0.339 e. The number of amides is 1. The smallest absolute Gasteiger partial charge is 0.339 e. The third kappa shape index (κ3) is 6.41. The van der Waals surface area contributed by atoms with E-state index in [1.54, 1.807) is 6.07 Å². The monoisotopic (exact) mass is 534 g/mol. The number of nitriles is 1. The van der Waals surface area contributed by atoms with Gasteiger partial charge in [-0.05, 0) is 48.0 Å². The second kappa shape index (κ2) is 10.6. The molecule has 0 atom stereocenters. The predicted octanol–water partition coefficient (Wildman–Crippen LogP) is 2.65. The SMILES string of the molecule is CCS(=O)(=O)c1nsc(NC(=O)C(C#N)=Cc2ccc(OS(=O)(=O)c3ccc(OC)cc3)cc2)n1. The Hall–Kier alpha value is -3.80. The first kappa shape index (κ1) is 25.8. The predicted molar refractivity (Wildman–Crippen MR) is 127 cm³/mol. The Morgan fingerprint density at radius 1 is 1.09 bits per heavy atom. The molecule has 1 amide bonds. The number of aromatic nitrogens is 2. The van der Waals surface area contributed by atoms with E-state index in [4.69, 9.17) is 8.92 Å². The van der Waals surface area contributed by atoms with Crippen LogP contribution >= 0.6 is 11.5 Å². The summed E-state index contributed by atoms with van der Waals surface area (Å²) in [4.78, 5) is 16.1. The number of methoxy groups -OCH3 is 1. The van der Waals surface area contributed by atoms with Gasteiger partial charge in [-0.25, -0.2) is 8.42 Å². The Morgan fingerprint density at radius 2 is 1.71 bits per heavy atom. The first-order valence-corrected chi connectivity index (χ1v) is 13.6. The molecule has 1 heterocycles. The van der Waals surface area contributed by atoms with E-state index in [9.17, 15) is 26.9 Å². The molecule has 0 saturated carbocycles. The molecule has 35 heavy (non-hydrogen) atoms. The highest BCUT2D eigenvalue weighted by Crippen LogP contribution is 2.22. The molecule has 2 aromatic carbocycles. The fourth-order valence-corrected chi connectivity index (χ4v) is 5.05. The Balaban J connectivity index is 1.71. The van der Waals surface area contributed by atoms with Crippen LogP contribution in [-0.2, 0) is 24.7 Å². The molecular formula is C21H18N4O7S3. The van der Waals surface area contributed by atoms with Gasteiger partial charge in [0.2, 0.25) is 15.0 Å². The van der Waals surface area contributed by atoms with E-state index in [0.717, 1.165) is 0 Å². The van der Waals surface area contributed by atoms with Crippen LogP contribution in [-0.4, -0.2) is 45.0 Å². The molecule has 0 spiro atoms. The van der Waals surface area contributed by atoms with E-state index in [1.807, 2.05) is 0 Å². The van der Waals surface area contributed by atoms with Gasteiger partial charge in [0.25, 0.3) is 11.1 Å². The first-order chi connectivity index (χ1) is 16.6. The molecule has 0 aliphatic carbocycles. The second-order valence-electron chi connectivity index (χ2n) is 6.69. The summed E-state index contributed by atoms with van der Waals surface area (Å²) < 4.78 is 62.3. The number of benzene rings is 2. The summed E-state index contributed by atoms with van der Waals surface area (Å²) in [5, 5.41) is 11.2. The van der Waals surface area contributed by atoms with Gasteiger partial charge in [0, 0.05) is 11.5 Å². The summed E-state index contributed by atoms with van der Waals surface area (Å²) in [6, 6.07) is 13.1. The Bertz CT molecular complexity index is 1500. The van der Waals surface area contributed by atoms with Crippen molar-refractivity contribution in [3.8, 4) is 17.6 Å². The quantitative estimate of drug-likeness (QED) is 0.245. The minimum Gasteiger partial charge on any atom is -0.497 e. The van der Waals surface area contributed by atoms with Crippen LogP contribution in [0.15, 0.2) is 64.2 Å². The minimum atomic E-state index is -4.08. The topological polar surface area (TPSA) is 165 Å². The number of sulfone groups is 1. The zero-order valence-electron chi connectivity index (χ0n) is 18.3. The van der Waals surface area contributed by atoms with Gasteiger partial charge >= 0.3 is 10.1 Å². The molecule has 0 bridgehead atoms. The van der Waals surface area contributed by atoms with Gasteiger partial charge in [-0.15, -0.1) is 0 Å². The summed E-state index contributed by atoms with van der Waals surface area (Å²) >= 11 is 0.672. The number of hydrogen-bond acceptors (Lipinski definition) is 11. The van der Waals surface area contributed by atoms with Gasteiger partial charge < -0.3 is 8.92 Å². The summed E-state index contributed by atoms with van der Waals surface area (Å²) in [5.41, 5.74) is 0.122. The second-order valence-corrected chi connectivity index (χ2v) is 11.2. The summed E-state index contributed by atoms with van der Waals surface area (Å²) in [6.07, 6.45) is 1.27. The zero-order valence-corrected chi connectivity index (χ0v) is 20.8. The number of rotatable bonds is 9. The number of nitrogens with zero attached hydrogens (tertiary/aromatic N) is 3. The number of carbonyl (C=O) groups is 1. The summed E-state index contributed by atoms with van der Waals surface area (Å²) in [5.74, 6) is -0.484. The van der Waals surface area contributed by atoms with Crippen molar-refractivity contribution in [3.63, 3.8) is 0 Å². The van der Waals surface area contributed by atoms with Crippen LogP contribution in [0.2, 0.25) is 0 Å². The molecule has 182 valence electrons. The van der Waals surface area contributed by atoms with Crippen molar-refractivity contribution in [2.24, 2.45) is 0 Å². The molecule has 3 aromatic rings. The lowest BCUT2D eigenvalue weighted by Crippen LogP contribution is -2.13. The lowest BCUT2D eigenvalue weighted by Gasteiger charge is -2.08.